The molecule has 3 rings (SSSR count). The number of unbranched alkanes of at least 4 members (excludes halogenated alkanes) is 1. The molecule has 1 heterocycles. The zero-order valence-corrected chi connectivity index (χ0v) is 13.5. The Morgan fingerprint density at radius 1 is 1.00 bits per heavy atom. The van der Waals surface area contributed by atoms with Gasteiger partial charge in [-0.25, -0.2) is 9.37 Å². The Labute approximate surface area is 140 Å². The summed E-state index contributed by atoms with van der Waals surface area (Å²) in [6.07, 6.45) is 1.97. The molecule has 0 bridgehead atoms. The average molecular weight is 329 g/mol. The van der Waals surface area contributed by atoms with Crippen LogP contribution in [-0.4, -0.2) is 17.4 Å². The molecule has 0 fully saturated rings. The SMILES string of the molecule is Fc1ccccc1-c1cc(NCCCCCl)c2ccccc2n1. The van der Waals surface area contributed by atoms with Gasteiger partial charge < -0.3 is 5.32 Å². The van der Waals surface area contributed by atoms with Gasteiger partial charge in [-0.1, -0.05) is 30.3 Å². The summed E-state index contributed by atoms with van der Waals surface area (Å²) in [5.41, 5.74) is 2.99. The summed E-state index contributed by atoms with van der Waals surface area (Å²) >= 11 is 5.72. The second kappa shape index (κ2) is 7.42. The molecule has 0 aliphatic heterocycles. The number of pyridine rings is 1. The fraction of sp³-hybridized carbons (Fsp3) is 0.211. The van der Waals surface area contributed by atoms with Crippen molar-refractivity contribution in [2.45, 2.75) is 12.8 Å². The van der Waals surface area contributed by atoms with E-state index < -0.39 is 0 Å². The Balaban J connectivity index is 2.01. The van der Waals surface area contributed by atoms with Crippen LogP contribution in [0.1, 0.15) is 12.8 Å². The minimum absolute atomic E-state index is 0.261. The minimum Gasteiger partial charge on any atom is -0.384 e. The first-order chi connectivity index (χ1) is 11.3. The van der Waals surface area contributed by atoms with Crippen molar-refractivity contribution in [1.29, 1.82) is 0 Å². The molecule has 3 aromatic rings. The lowest BCUT2D eigenvalue weighted by Gasteiger charge is -2.12. The van der Waals surface area contributed by atoms with Crippen LogP contribution in [0, 0.1) is 5.82 Å². The normalized spacial score (nSPS) is 10.9. The molecule has 23 heavy (non-hydrogen) atoms. The van der Waals surface area contributed by atoms with E-state index in [4.69, 9.17) is 11.6 Å². The number of rotatable bonds is 6. The van der Waals surface area contributed by atoms with E-state index in [1.165, 1.54) is 6.07 Å². The highest BCUT2D eigenvalue weighted by atomic mass is 35.5. The molecule has 0 amide bonds. The standard InChI is InChI=1S/C19H18ClFN2/c20-11-5-6-12-22-18-13-19(14-7-1-3-9-16(14)21)23-17-10-4-2-8-15(17)18/h1-4,7-10,13H,5-6,11-12H2,(H,22,23). The number of aromatic nitrogens is 1. The number of halogens is 2. The maximum atomic E-state index is 14.1. The van der Waals surface area contributed by atoms with E-state index >= 15 is 0 Å². The van der Waals surface area contributed by atoms with Crippen molar-refractivity contribution in [1.82, 2.24) is 4.98 Å². The lowest BCUT2D eigenvalue weighted by Crippen LogP contribution is -2.03. The van der Waals surface area contributed by atoms with Crippen LogP contribution >= 0.6 is 11.6 Å². The van der Waals surface area contributed by atoms with Crippen LogP contribution in [0.3, 0.4) is 0 Å². The third kappa shape index (κ3) is 3.62. The van der Waals surface area contributed by atoms with Crippen molar-refractivity contribution in [2.75, 3.05) is 17.7 Å². The number of hydrogen-bond donors (Lipinski definition) is 1. The molecular formula is C19H18ClFN2. The van der Waals surface area contributed by atoms with Crippen molar-refractivity contribution in [3.05, 3.63) is 60.4 Å². The van der Waals surface area contributed by atoms with Gasteiger partial charge in [0.1, 0.15) is 5.82 Å². The number of para-hydroxylation sites is 1. The number of fused-ring (bicyclic) bond motifs is 1. The third-order valence-electron chi connectivity index (χ3n) is 3.74. The Bertz CT molecular complexity index is 804. The van der Waals surface area contributed by atoms with Gasteiger partial charge in [-0.15, -0.1) is 11.6 Å². The zero-order valence-electron chi connectivity index (χ0n) is 12.7. The second-order valence-corrected chi connectivity index (χ2v) is 5.75. The lowest BCUT2D eigenvalue weighted by molar-refractivity contribution is 0.631. The fourth-order valence-electron chi connectivity index (χ4n) is 2.57. The third-order valence-corrected chi connectivity index (χ3v) is 4.01. The minimum atomic E-state index is -0.261. The molecule has 2 nitrogen and oxygen atoms in total. The number of hydrogen-bond acceptors (Lipinski definition) is 2. The summed E-state index contributed by atoms with van der Waals surface area (Å²) < 4.78 is 14.1. The molecule has 2 aromatic carbocycles. The number of benzene rings is 2. The van der Waals surface area contributed by atoms with E-state index in [9.17, 15) is 4.39 Å². The lowest BCUT2D eigenvalue weighted by atomic mass is 10.1. The zero-order chi connectivity index (χ0) is 16.1. The summed E-state index contributed by atoms with van der Waals surface area (Å²) in [5, 5.41) is 4.47. The molecule has 1 aromatic heterocycles. The summed E-state index contributed by atoms with van der Waals surface area (Å²) in [6.45, 7) is 0.831. The van der Waals surface area contributed by atoms with Crippen LogP contribution in [0.2, 0.25) is 0 Å². The van der Waals surface area contributed by atoms with Crippen LogP contribution in [0.25, 0.3) is 22.2 Å². The molecule has 0 unspecified atom stereocenters. The molecule has 0 atom stereocenters. The highest BCUT2D eigenvalue weighted by molar-refractivity contribution is 6.17. The van der Waals surface area contributed by atoms with Gasteiger partial charge in [0.25, 0.3) is 0 Å². The topological polar surface area (TPSA) is 24.9 Å². The summed E-state index contributed by atoms with van der Waals surface area (Å²) in [7, 11) is 0. The molecule has 0 spiro atoms. The molecule has 0 radical (unpaired) electrons. The van der Waals surface area contributed by atoms with Crippen LogP contribution in [-0.2, 0) is 0 Å². The second-order valence-electron chi connectivity index (χ2n) is 5.37. The van der Waals surface area contributed by atoms with Crippen molar-refractivity contribution in [2.24, 2.45) is 0 Å². The summed E-state index contributed by atoms with van der Waals surface area (Å²) in [4.78, 5) is 4.61. The molecular weight excluding hydrogens is 311 g/mol. The molecule has 0 saturated carbocycles. The van der Waals surface area contributed by atoms with Crippen molar-refractivity contribution in [3.63, 3.8) is 0 Å². The van der Waals surface area contributed by atoms with E-state index in [0.29, 0.717) is 17.1 Å². The van der Waals surface area contributed by atoms with E-state index in [-0.39, 0.29) is 5.82 Å². The van der Waals surface area contributed by atoms with E-state index in [2.05, 4.69) is 10.3 Å². The van der Waals surface area contributed by atoms with E-state index in [1.807, 2.05) is 36.4 Å². The number of anilines is 1. The molecule has 0 saturated heterocycles. The van der Waals surface area contributed by atoms with Crippen LogP contribution < -0.4 is 5.32 Å². The average Bonchev–Trinajstić information content (AvgIpc) is 2.59. The van der Waals surface area contributed by atoms with Gasteiger partial charge in [-0.2, -0.15) is 0 Å². The van der Waals surface area contributed by atoms with Crippen LogP contribution in [0.5, 0.6) is 0 Å². The maximum Gasteiger partial charge on any atom is 0.132 e. The molecule has 1 N–H and O–H groups in total. The predicted molar refractivity (Wildman–Crippen MR) is 95.6 cm³/mol. The quantitative estimate of drug-likeness (QED) is 0.479. The first-order valence-electron chi connectivity index (χ1n) is 7.74. The van der Waals surface area contributed by atoms with E-state index in [0.717, 1.165) is 36.0 Å². The number of nitrogens with one attached hydrogen (secondary N) is 1. The Kier molecular flexibility index (Phi) is 5.09. The smallest absolute Gasteiger partial charge is 0.132 e. The van der Waals surface area contributed by atoms with Gasteiger partial charge in [-0.05, 0) is 37.1 Å². The molecule has 0 aliphatic rings. The highest BCUT2D eigenvalue weighted by Crippen LogP contribution is 2.29. The van der Waals surface area contributed by atoms with Gasteiger partial charge in [0.15, 0.2) is 0 Å². The van der Waals surface area contributed by atoms with Crippen molar-refractivity contribution < 1.29 is 4.39 Å². The fourth-order valence-corrected chi connectivity index (χ4v) is 2.76. The molecule has 0 aliphatic carbocycles. The monoisotopic (exact) mass is 328 g/mol. The molecule has 118 valence electrons. The van der Waals surface area contributed by atoms with Crippen molar-refractivity contribution >= 4 is 28.2 Å². The largest absolute Gasteiger partial charge is 0.384 e. The van der Waals surface area contributed by atoms with Crippen LogP contribution in [0.15, 0.2) is 54.6 Å². The number of nitrogens with zero attached hydrogens (tertiary/aromatic N) is 1. The maximum absolute atomic E-state index is 14.1. The van der Waals surface area contributed by atoms with Gasteiger partial charge in [0.05, 0.1) is 11.2 Å². The predicted octanol–water partition coefficient (Wildman–Crippen LogP) is 5.47. The Morgan fingerprint density at radius 3 is 2.61 bits per heavy atom. The van der Waals surface area contributed by atoms with E-state index in [1.54, 1.807) is 12.1 Å². The van der Waals surface area contributed by atoms with Gasteiger partial charge >= 0.3 is 0 Å². The first kappa shape index (κ1) is 15.8. The van der Waals surface area contributed by atoms with Gasteiger partial charge in [0, 0.05) is 29.1 Å². The Hall–Kier alpha value is -2.13. The Morgan fingerprint density at radius 2 is 1.78 bits per heavy atom. The summed E-state index contributed by atoms with van der Waals surface area (Å²) in [5.74, 6) is 0.405. The first-order valence-corrected chi connectivity index (χ1v) is 8.27. The van der Waals surface area contributed by atoms with Crippen LogP contribution in [0.4, 0.5) is 10.1 Å². The highest BCUT2D eigenvalue weighted by Gasteiger charge is 2.10. The van der Waals surface area contributed by atoms with Gasteiger partial charge in [0.2, 0.25) is 0 Å². The summed E-state index contributed by atoms with van der Waals surface area (Å²) in [6, 6.07) is 16.5. The van der Waals surface area contributed by atoms with Gasteiger partial charge in [-0.3, -0.25) is 0 Å². The number of alkyl halides is 1. The molecule has 4 heteroatoms. The van der Waals surface area contributed by atoms with Crippen molar-refractivity contribution in [3.8, 4) is 11.3 Å².